The highest BCUT2D eigenvalue weighted by Crippen LogP contribution is 2.47. The van der Waals surface area contributed by atoms with Gasteiger partial charge in [0.2, 0.25) is 0 Å². The van der Waals surface area contributed by atoms with Crippen molar-refractivity contribution >= 4 is 23.5 Å². The molecule has 2 aromatic heterocycles. The van der Waals surface area contributed by atoms with Gasteiger partial charge in [-0.05, 0) is 46.6 Å². The van der Waals surface area contributed by atoms with E-state index >= 15 is 0 Å². The maximum absolute atomic E-state index is 9.41. The van der Waals surface area contributed by atoms with Crippen LogP contribution in [-0.4, -0.2) is 27.9 Å². The smallest absolute Gasteiger partial charge is 0.399 e. The molecule has 0 spiro atoms. The monoisotopic (exact) mass is 362 g/mol. The van der Waals surface area contributed by atoms with E-state index in [1.54, 1.807) is 6.20 Å². The molecule has 0 radical (unpaired) electrons. The summed E-state index contributed by atoms with van der Waals surface area (Å²) in [7, 11) is -0.492. The van der Waals surface area contributed by atoms with Crippen molar-refractivity contribution in [3.05, 3.63) is 24.7 Å². The zero-order valence-electron chi connectivity index (χ0n) is 16.2. The van der Waals surface area contributed by atoms with Gasteiger partial charge in [-0.2, -0.15) is 10.5 Å². The van der Waals surface area contributed by atoms with Crippen LogP contribution >= 0.6 is 0 Å². The fourth-order valence-electron chi connectivity index (χ4n) is 4.17. The summed E-state index contributed by atoms with van der Waals surface area (Å²) < 4.78 is 14.7. The van der Waals surface area contributed by atoms with E-state index in [1.165, 1.54) is 0 Å². The molecule has 1 aliphatic carbocycles. The summed E-state index contributed by atoms with van der Waals surface area (Å²) in [6.45, 7) is 8.13. The largest absolute Gasteiger partial charge is 0.497 e. The van der Waals surface area contributed by atoms with E-state index in [9.17, 15) is 10.5 Å². The summed E-state index contributed by atoms with van der Waals surface area (Å²) in [4.78, 5) is 4.29. The molecule has 27 heavy (non-hydrogen) atoms. The lowest BCUT2D eigenvalue weighted by molar-refractivity contribution is 0.00578. The molecule has 2 aliphatic rings. The number of nitrogens with zero attached hydrogens (tertiary/aromatic N) is 4. The van der Waals surface area contributed by atoms with E-state index in [-0.39, 0.29) is 11.5 Å². The number of rotatable bonds is 3. The zero-order valence-corrected chi connectivity index (χ0v) is 16.2. The average molecular weight is 362 g/mol. The molecular formula is C20H23BN4O2. The van der Waals surface area contributed by atoms with Crippen LogP contribution in [0.15, 0.2) is 24.7 Å². The van der Waals surface area contributed by atoms with Crippen LogP contribution in [0.5, 0.6) is 0 Å². The van der Waals surface area contributed by atoms with Gasteiger partial charge in [-0.3, -0.25) is 4.98 Å². The molecule has 0 N–H and O–H groups in total. The summed E-state index contributed by atoms with van der Waals surface area (Å²) in [5.41, 5.74) is 0.717. The second-order valence-corrected chi connectivity index (χ2v) is 8.73. The third-order valence-electron chi connectivity index (χ3n) is 6.50. The maximum atomic E-state index is 9.41. The Morgan fingerprint density at radius 1 is 1.22 bits per heavy atom. The van der Waals surface area contributed by atoms with Crippen molar-refractivity contribution in [1.29, 1.82) is 10.5 Å². The number of aromatic nitrogens is 2. The molecule has 1 saturated carbocycles. The number of hydrogen-bond donors (Lipinski definition) is 0. The lowest BCUT2D eigenvalue weighted by Gasteiger charge is -2.45. The summed E-state index contributed by atoms with van der Waals surface area (Å²) >= 11 is 0. The predicted octanol–water partition coefficient (Wildman–Crippen LogP) is 2.88. The number of fused-ring (bicyclic) bond motifs is 1. The first-order valence-electron chi connectivity index (χ1n) is 9.31. The van der Waals surface area contributed by atoms with Crippen LogP contribution < -0.4 is 5.46 Å². The lowest BCUT2D eigenvalue weighted by atomic mass is 9.67. The Balaban J connectivity index is 1.82. The van der Waals surface area contributed by atoms with E-state index in [4.69, 9.17) is 9.31 Å². The number of nitriles is 2. The van der Waals surface area contributed by atoms with Crippen LogP contribution in [-0.2, 0) is 14.8 Å². The molecule has 3 heterocycles. The highest BCUT2D eigenvalue weighted by Gasteiger charge is 2.53. The molecule has 1 aliphatic heterocycles. The van der Waals surface area contributed by atoms with Gasteiger partial charge in [0.05, 0.1) is 46.7 Å². The highest BCUT2D eigenvalue weighted by molar-refractivity contribution is 6.65. The second-order valence-electron chi connectivity index (χ2n) is 8.73. The zero-order chi connectivity index (χ0) is 19.4. The Labute approximate surface area is 159 Å². The first-order chi connectivity index (χ1) is 12.7. The van der Waals surface area contributed by atoms with Gasteiger partial charge in [-0.15, -0.1) is 0 Å². The molecule has 2 aromatic rings. The van der Waals surface area contributed by atoms with Crippen LogP contribution in [0.2, 0.25) is 0 Å². The van der Waals surface area contributed by atoms with Crippen molar-refractivity contribution in [2.24, 2.45) is 5.92 Å². The standard InChI is InChI=1S/C20H23BN4O2/c1-18(2)19(3,4)27-21(26-18)16-13-25(17-5-8-24-12-15(16)17)20(6-7-22)9-14(10-20)11-23/h5,8,12-14H,6,9-10H2,1-4H3. The first-order valence-corrected chi connectivity index (χ1v) is 9.31. The van der Waals surface area contributed by atoms with Gasteiger partial charge in [0.15, 0.2) is 0 Å². The van der Waals surface area contributed by atoms with E-state index in [1.807, 2.05) is 46.2 Å². The van der Waals surface area contributed by atoms with E-state index in [2.05, 4.69) is 21.7 Å². The Morgan fingerprint density at radius 3 is 2.48 bits per heavy atom. The van der Waals surface area contributed by atoms with Crippen molar-refractivity contribution in [3.8, 4) is 12.1 Å². The van der Waals surface area contributed by atoms with Gasteiger partial charge < -0.3 is 13.9 Å². The van der Waals surface area contributed by atoms with Crippen molar-refractivity contribution in [1.82, 2.24) is 9.55 Å². The van der Waals surface area contributed by atoms with Crippen molar-refractivity contribution in [2.45, 2.75) is 63.7 Å². The lowest BCUT2D eigenvalue weighted by Crippen LogP contribution is -2.45. The Kier molecular flexibility index (Phi) is 3.89. The van der Waals surface area contributed by atoms with Crippen molar-refractivity contribution in [3.63, 3.8) is 0 Å². The normalized spacial score (nSPS) is 28.5. The van der Waals surface area contributed by atoms with Gasteiger partial charge in [-0.1, -0.05) is 0 Å². The molecule has 0 amide bonds. The highest BCUT2D eigenvalue weighted by atomic mass is 16.7. The fraction of sp³-hybridized carbons (Fsp3) is 0.550. The molecule has 2 fully saturated rings. The van der Waals surface area contributed by atoms with E-state index in [0.717, 1.165) is 16.4 Å². The maximum Gasteiger partial charge on any atom is 0.497 e. The quantitative estimate of drug-likeness (QED) is 0.784. The SMILES string of the molecule is CC1(C)OB(c2cn(C3(CC#N)CC(C#N)C3)c3ccncc23)OC1(C)C. The number of hydrogen-bond acceptors (Lipinski definition) is 5. The minimum atomic E-state index is -0.492. The summed E-state index contributed by atoms with van der Waals surface area (Å²) in [6, 6.07) is 6.61. The average Bonchev–Trinajstić information content (AvgIpc) is 3.06. The molecule has 0 bridgehead atoms. The minimum Gasteiger partial charge on any atom is -0.399 e. The number of pyridine rings is 1. The van der Waals surface area contributed by atoms with E-state index in [0.29, 0.717) is 19.3 Å². The van der Waals surface area contributed by atoms with Crippen LogP contribution in [0.25, 0.3) is 10.9 Å². The molecule has 0 atom stereocenters. The topological polar surface area (TPSA) is 83.9 Å². The third-order valence-corrected chi connectivity index (χ3v) is 6.50. The van der Waals surface area contributed by atoms with Crippen LogP contribution in [0, 0.1) is 28.6 Å². The molecule has 7 heteroatoms. The molecule has 138 valence electrons. The van der Waals surface area contributed by atoms with Gasteiger partial charge >= 0.3 is 7.12 Å². The van der Waals surface area contributed by atoms with Gasteiger partial charge in [0, 0.05) is 29.4 Å². The Hall–Kier alpha value is -2.35. The van der Waals surface area contributed by atoms with Crippen LogP contribution in [0.4, 0.5) is 0 Å². The molecule has 1 saturated heterocycles. The minimum absolute atomic E-state index is 0.00191. The van der Waals surface area contributed by atoms with Gasteiger partial charge in [0.1, 0.15) is 0 Å². The van der Waals surface area contributed by atoms with Crippen LogP contribution in [0.3, 0.4) is 0 Å². The molecule has 0 aromatic carbocycles. The Morgan fingerprint density at radius 2 is 1.89 bits per heavy atom. The molecule has 6 nitrogen and oxygen atoms in total. The first kappa shape index (κ1) is 18.0. The second kappa shape index (κ2) is 5.82. The van der Waals surface area contributed by atoms with E-state index < -0.39 is 18.3 Å². The summed E-state index contributed by atoms with van der Waals surface area (Å²) in [5, 5.41) is 19.6. The molecule has 4 rings (SSSR count). The van der Waals surface area contributed by atoms with Gasteiger partial charge in [0.25, 0.3) is 0 Å². The molecule has 0 unspecified atom stereocenters. The van der Waals surface area contributed by atoms with Gasteiger partial charge in [-0.25, -0.2) is 0 Å². The van der Waals surface area contributed by atoms with Crippen molar-refractivity contribution < 1.29 is 9.31 Å². The summed E-state index contributed by atoms with van der Waals surface area (Å²) in [5.74, 6) is -0.00191. The predicted molar refractivity (Wildman–Crippen MR) is 102 cm³/mol. The summed E-state index contributed by atoms with van der Waals surface area (Å²) in [6.07, 6.45) is 7.37. The third kappa shape index (κ3) is 2.57. The van der Waals surface area contributed by atoms with Crippen molar-refractivity contribution in [2.75, 3.05) is 0 Å². The Bertz CT molecular complexity index is 960. The fourth-order valence-corrected chi connectivity index (χ4v) is 4.17. The van der Waals surface area contributed by atoms with Crippen LogP contribution in [0.1, 0.15) is 47.0 Å². The molecular weight excluding hydrogens is 339 g/mol.